The van der Waals surface area contributed by atoms with Crippen molar-refractivity contribution in [3.8, 4) is 0 Å². The van der Waals surface area contributed by atoms with Crippen molar-refractivity contribution < 1.29 is 9.53 Å². The summed E-state index contributed by atoms with van der Waals surface area (Å²) in [6, 6.07) is 0. The first-order chi connectivity index (χ1) is 4.66. The lowest BCUT2D eigenvalue weighted by atomic mass is 10.5. The van der Waals surface area contributed by atoms with Gasteiger partial charge >= 0.3 is 5.97 Å². The Balaban J connectivity index is 3.54. The van der Waals surface area contributed by atoms with Gasteiger partial charge in [-0.15, -0.1) is 11.8 Å². The van der Waals surface area contributed by atoms with Gasteiger partial charge in [0.25, 0.3) is 0 Å². The van der Waals surface area contributed by atoms with Crippen molar-refractivity contribution in [2.45, 2.75) is 20.0 Å². The molecule has 0 heterocycles. The summed E-state index contributed by atoms with van der Waals surface area (Å²) in [4.78, 5) is 10.7. The van der Waals surface area contributed by atoms with E-state index in [9.17, 15) is 4.79 Å². The lowest BCUT2D eigenvalue weighted by Crippen LogP contribution is -2.07. The Labute approximate surface area is 65.6 Å². The van der Waals surface area contributed by atoms with Crippen molar-refractivity contribution in [2.24, 2.45) is 0 Å². The minimum atomic E-state index is -0.274. The van der Waals surface area contributed by atoms with E-state index in [-0.39, 0.29) is 12.1 Å². The second kappa shape index (κ2) is 5.35. The molecule has 0 aromatic rings. The standard InChI is InChI=1S/C7H12O2S/c1-6(2)9-7(8)4-5-10-3/h4-6H,1-3H3. The average Bonchev–Trinajstić information content (AvgIpc) is 1.82. The topological polar surface area (TPSA) is 26.3 Å². The van der Waals surface area contributed by atoms with E-state index in [0.717, 1.165) is 0 Å². The predicted molar refractivity (Wildman–Crippen MR) is 43.9 cm³/mol. The molecule has 2 nitrogen and oxygen atoms in total. The largest absolute Gasteiger partial charge is 0.460 e. The van der Waals surface area contributed by atoms with E-state index in [2.05, 4.69) is 0 Å². The van der Waals surface area contributed by atoms with Gasteiger partial charge in [0.05, 0.1) is 6.10 Å². The molecule has 0 saturated heterocycles. The highest BCUT2D eigenvalue weighted by Crippen LogP contribution is 1.95. The second-order valence-electron chi connectivity index (χ2n) is 2.02. The minimum absolute atomic E-state index is 0.0287. The van der Waals surface area contributed by atoms with Gasteiger partial charge in [0.1, 0.15) is 0 Å². The summed E-state index contributed by atoms with van der Waals surface area (Å²) in [5.74, 6) is -0.274. The van der Waals surface area contributed by atoms with Gasteiger partial charge < -0.3 is 4.74 Å². The molecule has 0 aromatic heterocycles. The maximum atomic E-state index is 10.7. The molecule has 0 unspecified atom stereocenters. The Kier molecular flexibility index (Phi) is 5.12. The number of carbonyl (C=O) groups is 1. The molecule has 0 rings (SSSR count). The molecule has 0 atom stereocenters. The molecule has 0 radical (unpaired) electrons. The maximum absolute atomic E-state index is 10.7. The van der Waals surface area contributed by atoms with E-state index in [1.54, 1.807) is 5.41 Å². The smallest absolute Gasteiger partial charge is 0.331 e. The second-order valence-corrected chi connectivity index (χ2v) is 2.77. The number of rotatable bonds is 3. The third-order valence-corrected chi connectivity index (χ3v) is 1.10. The number of hydrogen-bond acceptors (Lipinski definition) is 3. The van der Waals surface area contributed by atoms with Crippen LogP contribution in [0.15, 0.2) is 11.5 Å². The summed E-state index contributed by atoms with van der Waals surface area (Å²) < 4.78 is 4.81. The summed E-state index contributed by atoms with van der Waals surface area (Å²) >= 11 is 1.48. The van der Waals surface area contributed by atoms with Gasteiger partial charge in [-0.3, -0.25) is 0 Å². The Morgan fingerprint density at radius 1 is 1.60 bits per heavy atom. The molecule has 3 heteroatoms. The molecular formula is C7H12O2S. The normalized spacial score (nSPS) is 10.8. The molecule has 0 fully saturated rings. The van der Waals surface area contributed by atoms with E-state index < -0.39 is 0 Å². The van der Waals surface area contributed by atoms with Crippen LogP contribution in [-0.4, -0.2) is 18.3 Å². The van der Waals surface area contributed by atoms with Crippen molar-refractivity contribution in [3.63, 3.8) is 0 Å². The van der Waals surface area contributed by atoms with Gasteiger partial charge in [-0.1, -0.05) is 0 Å². The summed E-state index contributed by atoms with van der Waals surface area (Å²) in [6.07, 6.45) is 3.28. The molecule has 0 saturated carbocycles. The molecule has 0 spiro atoms. The van der Waals surface area contributed by atoms with Crippen molar-refractivity contribution in [1.82, 2.24) is 0 Å². The van der Waals surface area contributed by atoms with Crippen molar-refractivity contribution in [3.05, 3.63) is 11.5 Å². The summed E-state index contributed by atoms with van der Waals surface area (Å²) in [6.45, 7) is 3.65. The van der Waals surface area contributed by atoms with Crippen LogP contribution < -0.4 is 0 Å². The van der Waals surface area contributed by atoms with E-state index in [0.29, 0.717) is 0 Å². The lowest BCUT2D eigenvalue weighted by molar-refractivity contribution is -0.141. The van der Waals surface area contributed by atoms with E-state index >= 15 is 0 Å². The van der Waals surface area contributed by atoms with Crippen LogP contribution in [-0.2, 0) is 9.53 Å². The number of hydrogen-bond donors (Lipinski definition) is 0. The number of thioether (sulfide) groups is 1. The molecule has 0 aliphatic rings. The van der Waals surface area contributed by atoms with Crippen LogP contribution in [0.2, 0.25) is 0 Å². The molecular weight excluding hydrogens is 148 g/mol. The predicted octanol–water partition coefficient (Wildman–Crippen LogP) is 1.81. The third-order valence-electron chi connectivity index (χ3n) is 0.692. The van der Waals surface area contributed by atoms with Crippen LogP contribution in [0.25, 0.3) is 0 Å². The molecule has 0 amide bonds. The van der Waals surface area contributed by atoms with Gasteiger partial charge in [-0.25, -0.2) is 4.79 Å². The highest BCUT2D eigenvalue weighted by atomic mass is 32.2. The fraction of sp³-hybridized carbons (Fsp3) is 0.571. The van der Waals surface area contributed by atoms with Gasteiger partial charge in [-0.05, 0) is 25.5 Å². The highest BCUT2D eigenvalue weighted by molar-refractivity contribution is 8.01. The number of ether oxygens (including phenoxy) is 1. The van der Waals surface area contributed by atoms with Crippen molar-refractivity contribution in [2.75, 3.05) is 6.26 Å². The zero-order chi connectivity index (χ0) is 7.98. The Morgan fingerprint density at radius 2 is 2.20 bits per heavy atom. The van der Waals surface area contributed by atoms with Crippen LogP contribution in [0, 0.1) is 0 Å². The lowest BCUT2D eigenvalue weighted by Gasteiger charge is -2.03. The molecule has 0 N–H and O–H groups in total. The van der Waals surface area contributed by atoms with Crippen LogP contribution in [0.5, 0.6) is 0 Å². The van der Waals surface area contributed by atoms with E-state index in [1.165, 1.54) is 17.8 Å². The quantitative estimate of drug-likeness (QED) is 0.465. The zero-order valence-electron chi connectivity index (χ0n) is 6.46. The fourth-order valence-electron chi connectivity index (χ4n) is 0.395. The Hall–Kier alpha value is -0.440. The third kappa shape index (κ3) is 5.69. The Bertz CT molecular complexity index is 130. The zero-order valence-corrected chi connectivity index (χ0v) is 7.27. The molecule has 0 aliphatic heterocycles. The minimum Gasteiger partial charge on any atom is -0.460 e. The summed E-state index contributed by atoms with van der Waals surface area (Å²) in [5, 5.41) is 1.70. The average molecular weight is 160 g/mol. The van der Waals surface area contributed by atoms with Crippen LogP contribution >= 0.6 is 11.8 Å². The first-order valence-electron chi connectivity index (χ1n) is 3.06. The maximum Gasteiger partial charge on any atom is 0.331 e. The summed E-state index contributed by atoms with van der Waals surface area (Å²) in [5.41, 5.74) is 0. The molecule has 0 bridgehead atoms. The Morgan fingerprint density at radius 3 is 2.60 bits per heavy atom. The van der Waals surface area contributed by atoms with Crippen molar-refractivity contribution >= 4 is 17.7 Å². The van der Waals surface area contributed by atoms with Gasteiger partial charge in [0.2, 0.25) is 0 Å². The van der Waals surface area contributed by atoms with Crippen LogP contribution in [0.1, 0.15) is 13.8 Å². The van der Waals surface area contributed by atoms with Crippen molar-refractivity contribution in [1.29, 1.82) is 0 Å². The summed E-state index contributed by atoms with van der Waals surface area (Å²) in [7, 11) is 0. The van der Waals surface area contributed by atoms with E-state index in [1.807, 2.05) is 20.1 Å². The van der Waals surface area contributed by atoms with Gasteiger partial charge in [0, 0.05) is 6.08 Å². The highest BCUT2D eigenvalue weighted by Gasteiger charge is 1.97. The fourth-order valence-corrected chi connectivity index (χ4v) is 0.642. The SMILES string of the molecule is CSC=CC(=O)OC(C)C. The number of carbonyl (C=O) groups excluding carboxylic acids is 1. The van der Waals surface area contributed by atoms with Gasteiger partial charge in [0.15, 0.2) is 0 Å². The van der Waals surface area contributed by atoms with Crippen LogP contribution in [0.3, 0.4) is 0 Å². The van der Waals surface area contributed by atoms with E-state index in [4.69, 9.17) is 4.74 Å². The number of esters is 1. The van der Waals surface area contributed by atoms with Crippen LogP contribution in [0.4, 0.5) is 0 Å². The van der Waals surface area contributed by atoms with Gasteiger partial charge in [-0.2, -0.15) is 0 Å². The molecule has 58 valence electrons. The molecule has 10 heavy (non-hydrogen) atoms. The first-order valence-corrected chi connectivity index (χ1v) is 4.35. The monoisotopic (exact) mass is 160 g/mol. The molecule has 0 aliphatic carbocycles. The molecule has 0 aromatic carbocycles. The first kappa shape index (κ1) is 9.56.